The normalized spacial score (nSPS) is 17.7. The van der Waals surface area contributed by atoms with Gasteiger partial charge in [-0.2, -0.15) is 15.0 Å². The van der Waals surface area contributed by atoms with Crippen LogP contribution in [-0.4, -0.2) is 77.7 Å². The van der Waals surface area contributed by atoms with Crippen LogP contribution >= 0.6 is 0 Å². The number of nitrogens with one attached hydrogen (secondary N) is 2. The summed E-state index contributed by atoms with van der Waals surface area (Å²) in [5, 5.41) is 4.29. The van der Waals surface area contributed by atoms with E-state index in [1.807, 2.05) is 13.1 Å². The number of likely N-dealkylation sites (N-methyl/N-ethyl adjacent to an activating group) is 1. The van der Waals surface area contributed by atoms with Crippen molar-refractivity contribution in [1.82, 2.24) is 30.2 Å². The number of aldehydes is 1. The molecule has 10 heteroatoms. The first-order valence-corrected chi connectivity index (χ1v) is 11.6. The van der Waals surface area contributed by atoms with Gasteiger partial charge in [0.2, 0.25) is 11.8 Å². The lowest BCUT2D eigenvalue weighted by molar-refractivity contribution is 0.111. The Morgan fingerprint density at radius 3 is 2.71 bits per heavy atom. The fourth-order valence-corrected chi connectivity index (χ4v) is 4.03. The van der Waals surface area contributed by atoms with Crippen LogP contribution in [0.5, 0.6) is 6.01 Å². The van der Waals surface area contributed by atoms with Crippen molar-refractivity contribution in [3.8, 4) is 6.01 Å². The van der Waals surface area contributed by atoms with Gasteiger partial charge in [-0.05, 0) is 49.9 Å². The summed E-state index contributed by atoms with van der Waals surface area (Å²) in [6, 6.07) is 4.90. The number of carbonyl (C=O) groups excluding carboxylic acids is 1. The minimum atomic E-state index is 0.0715. The molecule has 3 aromatic rings. The first kappa shape index (κ1) is 23.8. The lowest BCUT2D eigenvalue weighted by Gasteiger charge is -2.32. The number of fused-ring (bicyclic) bond motifs is 1. The predicted molar refractivity (Wildman–Crippen MR) is 129 cm³/mol. The van der Waals surface area contributed by atoms with Gasteiger partial charge >= 0.3 is 6.01 Å². The quantitative estimate of drug-likeness (QED) is 0.294. The number of rotatable bonds is 8. The Bertz CT molecular complexity index is 1110. The van der Waals surface area contributed by atoms with E-state index in [1.54, 1.807) is 13.3 Å². The number of aromatic nitrogens is 5. The monoisotopic (exact) mass is 465 g/mol. The summed E-state index contributed by atoms with van der Waals surface area (Å²) in [5.41, 5.74) is 2.22. The van der Waals surface area contributed by atoms with Crippen molar-refractivity contribution in [1.29, 1.82) is 0 Å². The van der Waals surface area contributed by atoms with Gasteiger partial charge in [0.05, 0.1) is 6.61 Å². The predicted octanol–water partition coefficient (Wildman–Crippen LogP) is 2.50. The Labute approximate surface area is 198 Å². The van der Waals surface area contributed by atoms with Crippen molar-refractivity contribution in [3.63, 3.8) is 0 Å². The highest BCUT2D eigenvalue weighted by Crippen LogP contribution is 2.33. The lowest BCUT2D eigenvalue weighted by Crippen LogP contribution is -2.34. The van der Waals surface area contributed by atoms with E-state index >= 15 is 0 Å². The molecule has 0 amide bonds. The van der Waals surface area contributed by atoms with Gasteiger partial charge in [-0.1, -0.05) is 12.2 Å². The van der Waals surface area contributed by atoms with Gasteiger partial charge in [-0.15, -0.1) is 0 Å². The minimum Gasteiger partial charge on any atom is -0.461 e. The van der Waals surface area contributed by atoms with E-state index in [0.717, 1.165) is 31.6 Å². The van der Waals surface area contributed by atoms with E-state index in [-0.39, 0.29) is 11.8 Å². The van der Waals surface area contributed by atoms with Crippen LogP contribution in [0.2, 0.25) is 0 Å². The highest BCUT2D eigenvalue weighted by atomic mass is 16.5. The van der Waals surface area contributed by atoms with E-state index < -0.39 is 0 Å². The minimum absolute atomic E-state index is 0.0715. The maximum Gasteiger partial charge on any atom is 0.321 e. The van der Waals surface area contributed by atoms with Crippen molar-refractivity contribution in [2.75, 3.05) is 45.4 Å². The number of pyridine rings is 1. The summed E-state index contributed by atoms with van der Waals surface area (Å²) in [7, 11) is 3.57. The van der Waals surface area contributed by atoms with Gasteiger partial charge in [0.15, 0.2) is 6.29 Å². The Morgan fingerprint density at radius 1 is 1.24 bits per heavy atom. The molecule has 3 aromatic heterocycles. The molecule has 10 nitrogen and oxygen atoms in total. The van der Waals surface area contributed by atoms with E-state index in [9.17, 15) is 4.79 Å². The number of ether oxygens (including phenoxy) is 2. The molecule has 1 fully saturated rings. The van der Waals surface area contributed by atoms with Crippen molar-refractivity contribution in [2.24, 2.45) is 0 Å². The van der Waals surface area contributed by atoms with Crippen LogP contribution in [-0.2, 0) is 4.74 Å². The van der Waals surface area contributed by atoms with E-state index in [4.69, 9.17) is 9.47 Å². The van der Waals surface area contributed by atoms with Crippen LogP contribution in [0.15, 0.2) is 36.7 Å². The number of piperidine rings is 1. The average molecular weight is 466 g/mol. The van der Waals surface area contributed by atoms with Gasteiger partial charge in [-0.25, -0.2) is 4.98 Å². The van der Waals surface area contributed by atoms with Crippen molar-refractivity contribution in [2.45, 2.75) is 31.2 Å². The fraction of sp³-hybridized carbons (Fsp3) is 0.458. The molecule has 0 saturated carbocycles. The second kappa shape index (κ2) is 11.7. The van der Waals surface area contributed by atoms with Gasteiger partial charge in [0.1, 0.15) is 12.3 Å². The number of aromatic amines is 1. The Balaban J connectivity index is 0.000000398. The topological polar surface area (TPSA) is 118 Å². The molecule has 0 bridgehead atoms. The Hall–Kier alpha value is -3.37. The Morgan fingerprint density at radius 2 is 2.06 bits per heavy atom. The number of hydrogen-bond acceptors (Lipinski definition) is 9. The summed E-state index contributed by atoms with van der Waals surface area (Å²) in [6.45, 7) is 2.31. The molecule has 2 aliphatic rings. The summed E-state index contributed by atoms with van der Waals surface area (Å²) in [6.07, 6.45) is 11.9. The number of hydrogen-bond donors (Lipinski definition) is 2. The van der Waals surface area contributed by atoms with Crippen LogP contribution in [0.4, 0.5) is 5.95 Å². The number of carbonyl (C=O) groups is 1. The molecule has 0 radical (unpaired) electrons. The first-order valence-electron chi connectivity index (χ1n) is 11.6. The molecule has 1 aliphatic carbocycles. The third-order valence-corrected chi connectivity index (χ3v) is 6.07. The molecule has 2 N–H and O–H groups in total. The van der Waals surface area contributed by atoms with Gasteiger partial charge < -0.3 is 24.7 Å². The smallest absolute Gasteiger partial charge is 0.321 e. The first-order chi connectivity index (χ1) is 16.7. The standard InChI is InChI=1S/C19H22N6O3.C5H9N/c1-27-9-10-28-19-23-16(12-26)22-18(24-19)25-7-4-13(5-8-25)15-11-21-17-14(15)3-2-6-20-17;1-6-5-3-2-4-5/h2-3,6,11-13H,4-5,7-10H2,1H3,(H,20,21);2-3,5-6H,4H2,1H3. The highest BCUT2D eigenvalue weighted by molar-refractivity contribution is 5.80. The summed E-state index contributed by atoms with van der Waals surface area (Å²) < 4.78 is 10.4. The van der Waals surface area contributed by atoms with Crippen LogP contribution in [0.1, 0.15) is 41.4 Å². The lowest BCUT2D eigenvalue weighted by atomic mass is 9.89. The third kappa shape index (κ3) is 5.75. The summed E-state index contributed by atoms with van der Waals surface area (Å²) >= 11 is 0. The van der Waals surface area contributed by atoms with E-state index in [2.05, 4.69) is 59.6 Å². The largest absolute Gasteiger partial charge is 0.461 e. The average Bonchev–Trinajstić information content (AvgIpc) is 3.28. The molecule has 4 heterocycles. The summed E-state index contributed by atoms with van der Waals surface area (Å²) in [5.74, 6) is 0.991. The summed E-state index contributed by atoms with van der Waals surface area (Å²) in [4.78, 5) is 33.5. The molecule has 0 spiro atoms. The Kier molecular flexibility index (Phi) is 8.16. The molecule has 0 aromatic carbocycles. The fourth-order valence-electron chi connectivity index (χ4n) is 4.03. The third-order valence-electron chi connectivity index (χ3n) is 6.07. The molecular weight excluding hydrogens is 434 g/mol. The van der Waals surface area contributed by atoms with Gasteiger partial charge in [0, 0.05) is 44.0 Å². The molecule has 1 saturated heterocycles. The highest BCUT2D eigenvalue weighted by Gasteiger charge is 2.25. The van der Waals surface area contributed by atoms with Crippen molar-refractivity contribution < 1.29 is 14.3 Å². The second-order valence-corrected chi connectivity index (χ2v) is 8.20. The maximum absolute atomic E-state index is 11.2. The zero-order chi connectivity index (χ0) is 23.8. The van der Waals surface area contributed by atoms with E-state index in [1.165, 1.54) is 17.4 Å². The van der Waals surface area contributed by atoms with Gasteiger partial charge in [-0.3, -0.25) is 4.79 Å². The molecule has 34 heavy (non-hydrogen) atoms. The molecular formula is C24H31N7O3. The van der Waals surface area contributed by atoms with Crippen LogP contribution in [0.3, 0.4) is 0 Å². The number of nitrogens with zero attached hydrogens (tertiary/aromatic N) is 5. The zero-order valence-corrected chi connectivity index (χ0v) is 19.6. The number of methoxy groups -OCH3 is 1. The molecule has 1 aliphatic heterocycles. The van der Waals surface area contributed by atoms with Crippen LogP contribution in [0, 0.1) is 0 Å². The molecule has 1 atom stereocenters. The van der Waals surface area contributed by atoms with E-state index in [0.29, 0.717) is 37.4 Å². The SMILES string of the molecule is CNC1C=CC1.COCCOc1nc(C=O)nc(N2CCC(c3c[nH]c4ncccc34)CC2)n1. The number of anilines is 1. The molecule has 180 valence electrons. The zero-order valence-electron chi connectivity index (χ0n) is 19.6. The van der Waals surface area contributed by atoms with Crippen molar-refractivity contribution >= 4 is 23.3 Å². The maximum atomic E-state index is 11.2. The van der Waals surface area contributed by atoms with Gasteiger partial charge in [0.25, 0.3) is 0 Å². The molecule has 5 rings (SSSR count). The second-order valence-electron chi connectivity index (χ2n) is 8.20. The number of H-pyrrole nitrogens is 1. The van der Waals surface area contributed by atoms with Crippen LogP contribution in [0.25, 0.3) is 11.0 Å². The van der Waals surface area contributed by atoms with Crippen molar-refractivity contribution in [3.05, 3.63) is 48.1 Å². The molecule has 1 unspecified atom stereocenters. The van der Waals surface area contributed by atoms with Crippen LogP contribution < -0.4 is 15.0 Å².